The summed E-state index contributed by atoms with van der Waals surface area (Å²) in [6.07, 6.45) is 9.66. The lowest BCUT2D eigenvalue weighted by molar-refractivity contribution is 0.743. The molecule has 2 N–H and O–H groups in total. The monoisotopic (exact) mass is 424 g/mol. The summed E-state index contributed by atoms with van der Waals surface area (Å²) in [5, 5.41) is 8.16. The minimum Gasteiger partial charge on any atom is -0.374 e. The Morgan fingerprint density at radius 1 is 1.22 bits per heavy atom. The molecule has 4 heteroatoms. The van der Waals surface area contributed by atoms with Crippen LogP contribution in [0.25, 0.3) is 10.9 Å². The second kappa shape index (κ2) is 11.7. The van der Waals surface area contributed by atoms with Gasteiger partial charge >= 0.3 is 0 Å². The number of nitrogens with zero attached hydrogens (tertiary/aromatic N) is 2. The molecule has 0 atom stereocenters. The van der Waals surface area contributed by atoms with Gasteiger partial charge in [0.2, 0.25) is 0 Å². The van der Waals surface area contributed by atoms with Crippen LogP contribution in [0.5, 0.6) is 0 Å². The van der Waals surface area contributed by atoms with Crippen LogP contribution >= 0.6 is 0 Å². The molecule has 2 aromatic heterocycles. The van der Waals surface area contributed by atoms with Crippen LogP contribution in [0.15, 0.2) is 79.1 Å². The Bertz CT molecular complexity index is 1190. The van der Waals surface area contributed by atoms with E-state index in [0.717, 1.165) is 36.7 Å². The number of benzene rings is 1. The summed E-state index contributed by atoms with van der Waals surface area (Å²) < 4.78 is 2.29. The number of aryl methyl sites for hydroxylation is 2. The van der Waals surface area contributed by atoms with E-state index in [9.17, 15) is 0 Å². The number of rotatable bonds is 9. The van der Waals surface area contributed by atoms with Crippen molar-refractivity contribution in [3.05, 3.63) is 96.0 Å². The summed E-state index contributed by atoms with van der Waals surface area (Å²) in [7, 11) is 0. The molecule has 0 spiro atoms. The predicted octanol–water partition coefficient (Wildman–Crippen LogP) is 5.61. The van der Waals surface area contributed by atoms with Gasteiger partial charge in [-0.15, -0.1) is 0 Å². The fourth-order valence-corrected chi connectivity index (χ4v) is 3.63. The standard InChI is InChI=1S/C28H32N4/c1-5-7-8-11-22(3)20-29-21-24-12-9-14-28-27(24)19-26(32(28)6-2)13-10-16-31-25-15-17-30-23(4)18-25/h5,7-9,11-12,14-15,17-19,29H,1,6,16,20-21H2,2-4H3,(H,30,31)/b8-7-,22-11+. The van der Waals surface area contributed by atoms with E-state index in [1.165, 1.54) is 22.0 Å². The van der Waals surface area contributed by atoms with E-state index in [-0.39, 0.29) is 0 Å². The van der Waals surface area contributed by atoms with Crippen LogP contribution < -0.4 is 10.6 Å². The van der Waals surface area contributed by atoms with Crippen molar-refractivity contribution in [3.8, 4) is 11.8 Å². The summed E-state index contributed by atoms with van der Waals surface area (Å²) in [6.45, 7) is 13.1. The van der Waals surface area contributed by atoms with Crippen LogP contribution in [-0.4, -0.2) is 22.6 Å². The average molecular weight is 425 g/mol. The Labute approximate surface area is 191 Å². The maximum atomic E-state index is 4.22. The van der Waals surface area contributed by atoms with Crippen LogP contribution in [0, 0.1) is 18.8 Å². The van der Waals surface area contributed by atoms with Crippen molar-refractivity contribution in [2.75, 3.05) is 18.4 Å². The smallest absolute Gasteiger partial charge is 0.0931 e. The van der Waals surface area contributed by atoms with Gasteiger partial charge in [0.25, 0.3) is 0 Å². The molecular weight excluding hydrogens is 392 g/mol. The summed E-state index contributed by atoms with van der Waals surface area (Å²) in [4.78, 5) is 4.22. The molecule has 3 rings (SSSR count). The van der Waals surface area contributed by atoms with E-state index in [4.69, 9.17) is 0 Å². The quantitative estimate of drug-likeness (QED) is 0.347. The van der Waals surface area contributed by atoms with E-state index in [2.05, 4.69) is 82.8 Å². The lowest BCUT2D eigenvalue weighted by Crippen LogP contribution is -2.15. The largest absolute Gasteiger partial charge is 0.374 e. The summed E-state index contributed by atoms with van der Waals surface area (Å²) in [5.74, 6) is 6.63. The van der Waals surface area contributed by atoms with E-state index in [1.807, 2.05) is 37.4 Å². The topological polar surface area (TPSA) is 41.9 Å². The van der Waals surface area contributed by atoms with Crippen molar-refractivity contribution in [2.24, 2.45) is 0 Å². The third-order valence-corrected chi connectivity index (χ3v) is 5.19. The molecular formula is C28H32N4. The van der Waals surface area contributed by atoms with Crippen LogP contribution in [0.3, 0.4) is 0 Å². The highest BCUT2D eigenvalue weighted by molar-refractivity contribution is 5.85. The number of hydrogen-bond acceptors (Lipinski definition) is 3. The minimum atomic E-state index is 0.592. The van der Waals surface area contributed by atoms with Crippen molar-refractivity contribution < 1.29 is 0 Å². The Morgan fingerprint density at radius 2 is 2.09 bits per heavy atom. The molecule has 0 saturated carbocycles. The van der Waals surface area contributed by atoms with Gasteiger partial charge in [0.1, 0.15) is 0 Å². The third kappa shape index (κ3) is 6.23. The van der Waals surface area contributed by atoms with E-state index in [1.54, 1.807) is 6.08 Å². The normalized spacial score (nSPS) is 11.5. The molecule has 0 saturated heterocycles. The second-order valence-corrected chi connectivity index (χ2v) is 7.70. The predicted molar refractivity (Wildman–Crippen MR) is 137 cm³/mol. The molecule has 0 bridgehead atoms. The van der Waals surface area contributed by atoms with Crippen LogP contribution in [0.1, 0.15) is 30.8 Å². The molecule has 0 aliphatic rings. The molecule has 0 fully saturated rings. The molecule has 0 aliphatic heterocycles. The first-order valence-corrected chi connectivity index (χ1v) is 11.0. The minimum absolute atomic E-state index is 0.592. The number of nitrogens with one attached hydrogen (secondary N) is 2. The Kier molecular flexibility index (Phi) is 8.48. The molecule has 0 radical (unpaired) electrons. The molecule has 1 aromatic carbocycles. The number of allylic oxidation sites excluding steroid dienone is 4. The fraction of sp³-hybridized carbons (Fsp3) is 0.250. The third-order valence-electron chi connectivity index (χ3n) is 5.19. The molecule has 0 aliphatic carbocycles. The van der Waals surface area contributed by atoms with Gasteiger partial charge in [-0.2, -0.15) is 0 Å². The number of aromatic nitrogens is 2. The Hall–Kier alpha value is -3.55. The van der Waals surface area contributed by atoms with Gasteiger partial charge in [-0.05, 0) is 56.5 Å². The zero-order valence-corrected chi connectivity index (χ0v) is 19.3. The molecule has 164 valence electrons. The van der Waals surface area contributed by atoms with Crippen molar-refractivity contribution in [2.45, 2.75) is 33.9 Å². The van der Waals surface area contributed by atoms with Gasteiger partial charge in [-0.3, -0.25) is 4.98 Å². The van der Waals surface area contributed by atoms with Crippen molar-refractivity contribution in [1.29, 1.82) is 0 Å². The van der Waals surface area contributed by atoms with E-state index < -0.39 is 0 Å². The van der Waals surface area contributed by atoms with Crippen molar-refractivity contribution in [3.63, 3.8) is 0 Å². The van der Waals surface area contributed by atoms with Crippen LogP contribution in [0.2, 0.25) is 0 Å². The zero-order valence-electron chi connectivity index (χ0n) is 19.3. The van der Waals surface area contributed by atoms with E-state index in [0.29, 0.717) is 6.54 Å². The lowest BCUT2D eigenvalue weighted by Gasteiger charge is -2.08. The summed E-state index contributed by atoms with van der Waals surface area (Å²) in [6, 6.07) is 12.7. The summed E-state index contributed by atoms with van der Waals surface area (Å²) in [5.41, 5.74) is 6.89. The number of hydrogen-bond donors (Lipinski definition) is 2. The first-order valence-electron chi connectivity index (χ1n) is 11.0. The summed E-state index contributed by atoms with van der Waals surface area (Å²) >= 11 is 0. The molecule has 3 aromatic rings. The first-order chi connectivity index (χ1) is 15.6. The molecule has 4 nitrogen and oxygen atoms in total. The van der Waals surface area contributed by atoms with Gasteiger partial charge in [-0.25, -0.2) is 0 Å². The van der Waals surface area contributed by atoms with Gasteiger partial charge < -0.3 is 15.2 Å². The first kappa shape index (κ1) is 23.1. The number of anilines is 1. The second-order valence-electron chi connectivity index (χ2n) is 7.70. The van der Waals surface area contributed by atoms with Crippen LogP contribution in [-0.2, 0) is 13.1 Å². The van der Waals surface area contributed by atoms with Gasteiger partial charge in [0.05, 0.1) is 12.2 Å². The molecule has 0 amide bonds. The highest BCUT2D eigenvalue weighted by Crippen LogP contribution is 2.23. The van der Waals surface area contributed by atoms with Crippen molar-refractivity contribution in [1.82, 2.24) is 14.9 Å². The Morgan fingerprint density at radius 3 is 2.88 bits per heavy atom. The average Bonchev–Trinajstić information content (AvgIpc) is 3.15. The maximum absolute atomic E-state index is 4.22. The molecule has 0 unspecified atom stereocenters. The SMILES string of the molecule is C=C/C=C\C=C(/C)CNCc1cccc2c1cc(C#CCNc1ccnc(C)c1)n2CC. The highest BCUT2D eigenvalue weighted by Gasteiger charge is 2.09. The van der Waals surface area contributed by atoms with Gasteiger partial charge in [0.15, 0.2) is 0 Å². The number of pyridine rings is 1. The highest BCUT2D eigenvalue weighted by atomic mass is 15.0. The zero-order chi connectivity index (χ0) is 22.8. The maximum Gasteiger partial charge on any atom is 0.0931 e. The molecule has 2 heterocycles. The molecule has 32 heavy (non-hydrogen) atoms. The fourth-order valence-electron chi connectivity index (χ4n) is 3.63. The Balaban J connectivity index is 1.71. The van der Waals surface area contributed by atoms with Gasteiger partial charge in [-0.1, -0.05) is 54.5 Å². The lowest BCUT2D eigenvalue weighted by atomic mass is 10.1. The number of fused-ring (bicyclic) bond motifs is 1. The van der Waals surface area contributed by atoms with Gasteiger partial charge in [0, 0.05) is 48.1 Å². The van der Waals surface area contributed by atoms with Crippen LogP contribution in [0.4, 0.5) is 5.69 Å². The van der Waals surface area contributed by atoms with E-state index >= 15 is 0 Å². The van der Waals surface area contributed by atoms with Crippen molar-refractivity contribution >= 4 is 16.6 Å².